The molecule has 1 aromatic heterocycles. The summed E-state index contributed by atoms with van der Waals surface area (Å²) in [6.07, 6.45) is 0.107. The molecule has 0 aliphatic carbocycles. The van der Waals surface area contributed by atoms with E-state index in [9.17, 15) is 9.59 Å². The molecule has 0 bridgehead atoms. The molecule has 0 aliphatic heterocycles. The minimum Gasteiger partial charge on any atom is -0.456 e. The van der Waals surface area contributed by atoms with Crippen LogP contribution in [0.1, 0.15) is 5.56 Å². The number of primary amides is 1. The van der Waals surface area contributed by atoms with Crippen molar-refractivity contribution in [2.24, 2.45) is 5.73 Å². The van der Waals surface area contributed by atoms with Gasteiger partial charge in [0, 0.05) is 11.6 Å². The Morgan fingerprint density at radius 3 is 2.52 bits per heavy atom. The zero-order valence-corrected chi connectivity index (χ0v) is 11.2. The van der Waals surface area contributed by atoms with Crippen LogP contribution in [-0.4, -0.2) is 5.91 Å². The third-order valence-electron chi connectivity index (χ3n) is 3.23. The fourth-order valence-electron chi connectivity index (χ4n) is 2.26. The summed E-state index contributed by atoms with van der Waals surface area (Å²) < 4.78 is 5.77. The molecule has 3 rings (SSSR count). The van der Waals surface area contributed by atoms with Crippen LogP contribution in [0.25, 0.3) is 22.3 Å². The predicted octanol–water partition coefficient (Wildman–Crippen LogP) is 2.49. The topological polar surface area (TPSA) is 73.3 Å². The van der Waals surface area contributed by atoms with E-state index in [1.807, 2.05) is 30.3 Å². The van der Waals surface area contributed by atoms with Crippen molar-refractivity contribution in [2.45, 2.75) is 6.42 Å². The first-order valence-corrected chi connectivity index (χ1v) is 6.54. The third kappa shape index (κ3) is 2.69. The van der Waals surface area contributed by atoms with Crippen LogP contribution >= 0.6 is 0 Å². The molecule has 4 nitrogen and oxygen atoms in total. The molecule has 3 aromatic rings. The van der Waals surface area contributed by atoms with Gasteiger partial charge in [-0.25, -0.2) is 0 Å². The molecule has 1 amide bonds. The van der Waals surface area contributed by atoms with E-state index in [0.717, 1.165) is 5.56 Å². The van der Waals surface area contributed by atoms with Crippen LogP contribution in [0.2, 0.25) is 0 Å². The quantitative estimate of drug-likeness (QED) is 0.800. The van der Waals surface area contributed by atoms with Crippen molar-refractivity contribution >= 4 is 16.9 Å². The molecule has 2 aromatic carbocycles. The SMILES string of the molecule is NC(=O)Cc1ccc2oc(-c3ccccc3)cc(=O)c2c1. The summed E-state index contributed by atoms with van der Waals surface area (Å²) in [6.45, 7) is 0. The van der Waals surface area contributed by atoms with Crippen molar-refractivity contribution in [1.29, 1.82) is 0 Å². The van der Waals surface area contributed by atoms with Crippen molar-refractivity contribution in [3.63, 3.8) is 0 Å². The lowest BCUT2D eigenvalue weighted by Gasteiger charge is -2.04. The predicted molar refractivity (Wildman–Crippen MR) is 80.8 cm³/mol. The lowest BCUT2D eigenvalue weighted by atomic mass is 10.1. The highest BCUT2D eigenvalue weighted by Gasteiger charge is 2.08. The molecular formula is C17H13NO3. The first-order chi connectivity index (χ1) is 10.1. The molecule has 2 N–H and O–H groups in total. The minimum atomic E-state index is -0.431. The summed E-state index contributed by atoms with van der Waals surface area (Å²) in [5.41, 5.74) is 7.07. The highest BCUT2D eigenvalue weighted by Crippen LogP contribution is 2.22. The molecule has 21 heavy (non-hydrogen) atoms. The molecule has 1 heterocycles. The van der Waals surface area contributed by atoms with Gasteiger partial charge < -0.3 is 10.2 Å². The molecule has 0 aliphatic rings. The van der Waals surface area contributed by atoms with E-state index < -0.39 is 5.91 Å². The highest BCUT2D eigenvalue weighted by molar-refractivity contribution is 5.82. The maximum absolute atomic E-state index is 12.2. The van der Waals surface area contributed by atoms with Gasteiger partial charge in [-0.3, -0.25) is 9.59 Å². The molecule has 4 heteroatoms. The van der Waals surface area contributed by atoms with E-state index in [1.54, 1.807) is 18.2 Å². The Balaban J connectivity index is 2.14. The number of amides is 1. The zero-order chi connectivity index (χ0) is 14.8. The lowest BCUT2D eigenvalue weighted by molar-refractivity contribution is -0.117. The van der Waals surface area contributed by atoms with E-state index in [-0.39, 0.29) is 11.8 Å². The van der Waals surface area contributed by atoms with Gasteiger partial charge >= 0.3 is 0 Å². The Morgan fingerprint density at radius 1 is 1.05 bits per heavy atom. The standard InChI is InChI=1S/C17H13NO3/c18-17(20)9-11-6-7-15-13(8-11)14(19)10-16(21-15)12-4-2-1-3-5-12/h1-8,10H,9H2,(H2,18,20). The number of carbonyl (C=O) groups excluding carboxylic acids is 1. The van der Waals surface area contributed by atoms with Crippen molar-refractivity contribution in [3.8, 4) is 11.3 Å². The van der Waals surface area contributed by atoms with E-state index in [1.165, 1.54) is 6.07 Å². The molecule has 0 unspecified atom stereocenters. The smallest absolute Gasteiger partial charge is 0.221 e. The highest BCUT2D eigenvalue weighted by atomic mass is 16.3. The van der Waals surface area contributed by atoms with E-state index in [4.69, 9.17) is 10.2 Å². The van der Waals surface area contributed by atoms with E-state index >= 15 is 0 Å². The second-order valence-electron chi connectivity index (χ2n) is 4.81. The van der Waals surface area contributed by atoms with Crippen molar-refractivity contribution in [1.82, 2.24) is 0 Å². The molecule has 0 saturated heterocycles. The van der Waals surface area contributed by atoms with Crippen molar-refractivity contribution in [3.05, 3.63) is 70.4 Å². The van der Waals surface area contributed by atoms with E-state index in [2.05, 4.69) is 0 Å². The van der Waals surface area contributed by atoms with E-state index in [0.29, 0.717) is 22.3 Å². The zero-order valence-electron chi connectivity index (χ0n) is 11.2. The molecule has 0 saturated carbocycles. The van der Waals surface area contributed by atoms with Gasteiger partial charge in [-0.1, -0.05) is 36.4 Å². The van der Waals surface area contributed by atoms with Gasteiger partial charge in [-0.05, 0) is 17.7 Å². The second-order valence-corrected chi connectivity index (χ2v) is 4.81. The van der Waals surface area contributed by atoms with Gasteiger partial charge in [0.1, 0.15) is 11.3 Å². The van der Waals surface area contributed by atoms with Gasteiger partial charge in [0.15, 0.2) is 5.43 Å². The fraction of sp³-hybridized carbons (Fsp3) is 0.0588. The summed E-state index contributed by atoms with van der Waals surface area (Å²) >= 11 is 0. The average Bonchev–Trinajstić information content (AvgIpc) is 2.48. The normalized spacial score (nSPS) is 10.7. The number of carbonyl (C=O) groups is 1. The number of fused-ring (bicyclic) bond motifs is 1. The Hall–Kier alpha value is -2.88. The third-order valence-corrected chi connectivity index (χ3v) is 3.23. The fourth-order valence-corrected chi connectivity index (χ4v) is 2.26. The molecule has 0 radical (unpaired) electrons. The van der Waals surface area contributed by atoms with Gasteiger partial charge in [-0.15, -0.1) is 0 Å². The Labute approximate surface area is 120 Å². The molecule has 0 spiro atoms. The maximum Gasteiger partial charge on any atom is 0.221 e. The monoisotopic (exact) mass is 279 g/mol. The minimum absolute atomic E-state index is 0.107. The Kier molecular flexibility index (Phi) is 3.28. The molecule has 104 valence electrons. The van der Waals surface area contributed by atoms with Crippen LogP contribution in [0.5, 0.6) is 0 Å². The van der Waals surface area contributed by atoms with Crippen LogP contribution in [0.4, 0.5) is 0 Å². The second kappa shape index (κ2) is 5.25. The number of benzene rings is 2. The molecule has 0 atom stereocenters. The summed E-state index contributed by atoms with van der Waals surface area (Å²) in [5.74, 6) is 0.0930. The number of hydrogen-bond donors (Lipinski definition) is 1. The van der Waals surface area contributed by atoms with Gasteiger partial charge in [0.05, 0.1) is 11.8 Å². The van der Waals surface area contributed by atoms with Crippen LogP contribution in [0.15, 0.2) is 63.8 Å². The number of nitrogens with two attached hydrogens (primary N) is 1. The van der Waals surface area contributed by atoms with Crippen molar-refractivity contribution < 1.29 is 9.21 Å². The average molecular weight is 279 g/mol. The summed E-state index contributed by atoms with van der Waals surface area (Å²) in [4.78, 5) is 23.2. The Bertz CT molecular complexity index is 866. The first kappa shape index (κ1) is 13.1. The summed E-state index contributed by atoms with van der Waals surface area (Å²) in [5, 5.41) is 0.452. The van der Waals surface area contributed by atoms with Gasteiger partial charge in [0.2, 0.25) is 5.91 Å². The van der Waals surface area contributed by atoms with Gasteiger partial charge in [0.25, 0.3) is 0 Å². The number of rotatable bonds is 3. The summed E-state index contributed by atoms with van der Waals surface area (Å²) in [7, 11) is 0. The Morgan fingerprint density at radius 2 is 1.81 bits per heavy atom. The maximum atomic E-state index is 12.2. The first-order valence-electron chi connectivity index (χ1n) is 6.54. The van der Waals surface area contributed by atoms with Crippen LogP contribution < -0.4 is 11.2 Å². The summed E-state index contributed by atoms with van der Waals surface area (Å²) in [6, 6.07) is 16.0. The molecule has 0 fully saturated rings. The molecular weight excluding hydrogens is 266 g/mol. The number of hydrogen-bond acceptors (Lipinski definition) is 3. The van der Waals surface area contributed by atoms with Crippen LogP contribution in [0, 0.1) is 0 Å². The van der Waals surface area contributed by atoms with Crippen LogP contribution in [-0.2, 0) is 11.2 Å². The van der Waals surface area contributed by atoms with Gasteiger partial charge in [-0.2, -0.15) is 0 Å². The van der Waals surface area contributed by atoms with Crippen molar-refractivity contribution in [2.75, 3.05) is 0 Å². The van der Waals surface area contributed by atoms with Crippen LogP contribution in [0.3, 0.4) is 0 Å². The lowest BCUT2D eigenvalue weighted by Crippen LogP contribution is -2.13. The largest absolute Gasteiger partial charge is 0.456 e.